The van der Waals surface area contributed by atoms with Gasteiger partial charge in [-0.25, -0.2) is 27.4 Å². The summed E-state index contributed by atoms with van der Waals surface area (Å²) in [5.74, 6) is -3.86. The number of ether oxygens (including phenoxy) is 3. The van der Waals surface area contributed by atoms with Crippen molar-refractivity contribution in [3.8, 4) is 11.5 Å². The number of amides is 2. The molecule has 2 amide bonds. The van der Waals surface area contributed by atoms with Gasteiger partial charge in [-0.15, -0.1) is 5.06 Å². The summed E-state index contributed by atoms with van der Waals surface area (Å²) >= 11 is 0. The van der Waals surface area contributed by atoms with E-state index in [4.69, 9.17) is 15.2 Å². The van der Waals surface area contributed by atoms with E-state index in [1.807, 2.05) is 0 Å². The van der Waals surface area contributed by atoms with Gasteiger partial charge in [-0.3, -0.25) is 4.79 Å². The number of fused-ring (bicyclic) bond motifs is 1. The fraction of sp³-hybridized carbons (Fsp3) is 0.351. The van der Waals surface area contributed by atoms with Gasteiger partial charge in [0.05, 0.1) is 42.7 Å². The molecule has 2 heterocycles. The van der Waals surface area contributed by atoms with E-state index >= 15 is 4.39 Å². The van der Waals surface area contributed by atoms with Crippen molar-refractivity contribution >= 4 is 55.8 Å². The molecular formula is C37H39F4N5O9S. The van der Waals surface area contributed by atoms with Gasteiger partial charge in [-0.05, 0) is 93.1 Å². The van der Waals surface area contributed by atoms with Crippen LogP contribution in [0, 0.1) is 5.82 Å². The zero-order valence-electron chi connectivity index (χ0n) is 30.8. The first-order chi connectivity index (χ1) is 26.4. The number of sulfone groups is 1. The minimum atomic E-state index is -5.51. The standard InChI is InChI=1S/C37H39F4N5O9S/c1-6-54-30-18-25(27(38)19-29(30)52-4)32(44-22-9-11-24-21(16-22)13-14-43-33(24)42)34(47)45-15-7-8-28(45)26-17-23(10-12-31(26)56(50,51)20(2)3)46(36(49)53-5)55-35(48)37(39,40)41/h9-14,16-20,28,32,44H,6-8,15H2,1-5H3,(H2,42,43)/t28-,32+/m1/s1. The third-order valence-corrected chi connectivity index (χ3v) is 11.3. The summed E-state index contributed by atoms with van der Waals surface area (Å²) in [7, 11) is -2.01. The highest BCUT2D eigenvalue weighted by atomic mass is 32.2. The van der Waals surface area contributed by atoms with Gasteiger partial charge in [0, 0.05) is 35.4 Å². The van der Waals surface area contributed by atoms with Crippen molar-refractivity contribution in [3.05, 3.63) is 77.7 Å². The molecule has 0 saturated carbocycles. The van der Waals surface area contributed by atoms with Crippen molar-refractivity contribution in [2.45, 2.75) is 62.0 Å². The van der Waals surface area contributed by atoms with Gasteiger partial charge >= 0.3 is 18.2 Å². The number of nitrogens with one attached hydrogen (secondary N) is 1. The molecule has 5 rings (SSSR count). The Morgan fingerprint density at radius 2 is 1.79 bits per heavy atom. The summed E-state index contributed by atoms with van der Waals surface area (Å²) < 4.78 is 98.9. The third-order valence-electron chi connectivity index (χ3n) is 9.04. The summed E-state index contributed by atoms with van der Waals surface area (Å²) in [5.41, 5.74) is 5.65. The van der Waals surface area contributed by atoms with Gasteiger partial charge in [-0.2, -0.15) is 13.2 Å². The minimum Gasteiger partial charge on any atom is -0.493 e. The fourth-order valence-corrected chi connectivity index (χ4v) is 7.59. The van der Waals surface area contributed by atoms with E-state index in [2.05, 4.69) is 19.9 Å². The molecule has 300 valence electrons. The summed E-state index contributed by atoms with van der Waals surface area (Å²) in [4.78, 5) is 48.9. The van der Waals surface area contributed by atoms with Crippen LogP contribution in [0.5, 0.6) is 11.5 Å². The number of rotatable bonds is 11. The molecule has 1 fully saturated rings. The van der Waals surface area contributed by atoms with Crippen molar-refractivity contribution in [1.29, 1.82) is 0 Å². The number of alkyl halides is 3. The molecule has 4 aromatic rings. The van der Waals surface area contributed by atoms with Gasteiger partial charge in [0.15, 0.2) is 21.3 Å². The average Bonchev–Trinajstić information content (AvgIpc) is 3.65. The average molecular weight is 806 g/mol. The number of anilines is 3. The highest BCUT2D eigenvalue weighted by Crippen LogP contribution is 2.42. The van der Waals surface area contributed by atoms with Crippen LogP contribution < -0.4 is 25.6 Å². The normalized spacial score (nSPS) is 15.0. The number of methoxy groups -OCH3 is 2. The largest absolute Gasteiger partial charge is 0.493 e. The maximum atomic E-state index is 16.1. The van der Waals surface area contributed by atoms with Gasteiger partial charge in [0.1, 0.15) is 17.7 Å². The van der Waals surface area contributed by atoms with Crippen molar-refractivity contribution in [2.75, 3.05) is 43.5 Å². The van der Waals surface area contributed by atoms with E-state index in [0.29, 0.717) is 22.9 Å². The van der Waals surface area contributed by atoms with Crippen LogP contribution in [0.2, 0.25) is 0 Å². The lowest BCUT2D eigenvalue weighted by molar-refractivity contribution is -0.200. The van der Waals surface area contributed by atoms with Crippen molar-refractivity contribution < 1.29 is 59.4 Å². The van der Waals surface area contributed by atoms with E-state index in [1.54, 1.807) is 31.2 Å². The number of halogens is 4. The lowest BCUT2D eigenvalue weighted by atomic mass is 10.00. The Morgan fingerprint density at radius 3 is 2.43 bits per heavy atom. The first-order valence-electron chi connectivity index (χ1n) is 17.2. The second-order valence-corrected chi connectivity index (χ2v) is 15.3. The molecule has 0 spiro atoms. The number of aromatic nitrogens is 1. The molecule has 19 heteroatoms. The Hall–Kier alpha value is -5.85. The predicted octanol–water partition coefficient (Wildman–Crippen LogP) is 6.66. The predicted molar refractivity (Wildman–Crippen MR) is 196 cm³/mol. The van der Waals surface area contributed by atoms with Crippen molar-refractivity contribution in [1.82, 2.24) is 9.88 Å². The smallest absolute Gasteiger partial charge is 0.493 e. The minimum absolute atomic E-state index is 0.0346. The third kappa shape index (κ3) is 8.36. The summed E-state index contributed by atoms with van der Waals surface area (Å²) in [6.45, 7) is 4.73. The molecule has 2 atom stereocenters. The van der Waals surface area contributed by atoms with E-state index < -0.39 is 62.8 Å². The first-order valence-corrected chi connectivity index (χ1v) is 18.7. The van der Waals surface area contributed by atoms with Crippen LogP contribution >= 0.6 is 0 Å². The number of carbonyl (C=O) groups is 3. The molecule has 0 bridgehead atoms. The molecule has 14 nitrogen and oxygen atoms in total. The van der Waals surface area contributed by atoms with Gasteiger partial charge < -0.3 is 35.0 Å². The summed E-state index contributed by atoms with van der Waals surface area (Å²) in [6.07, 6.45) is -5.10. The molecule has 1 saturated heterocycles. The molecule has 3 aromatic carbocycles. The van der Waals surface area contributed by atoms with Crippen LogP contribution in [-0.2, 0) is 29.0 Å². The van der Waals surface area contributed by atoms with Gasteiger partial charge in [-0.1, -0.05) is 0 Å². The van der Waals surface area contributed by atoms with Crippen LogP contribution in [0.25, 0.3) is 10.8 Å². The number of nitrogens with zero attached hydrogens (tertiary/aromatic N) is 3. The number of nitrogens with two attached hydrogens (primary N) is 1. The topological polar surface area (TPSA) is 180 Å². The Labute approximate surface area is 319 Å². The Bertz CT molecular complexity index is 2260. The molecule has 0 aliphatic carbocycles. The quantitative estimate of drug-likeness (QED) is 0.122. The molecule has 1 aliphatic heterocycles. The molecule has 0 unspecified atom stereocenters. The Kier molecular flexibility index (Phi) is 12.2. The maximum absolute atomic E-state index is 16.1. The number of hydrogen-bond acceptors (Lipinski definition) is 12. The summed E-state index contributed by atoms with van der Waals surface area (Å²) in [5, 5.41) is 3.31. The molecular weight excluding hydrogens is 766 g/mol. The van der Waals surface area contributed by atoms with Gasteiger partial charge in [0.25, 0.3) is 0 Å². The zero-order chi connectivity index (χ0) is 41.1. The molecule has 56 heavy (non-hydrogen) atoms. The first kappa shape index (κ1) is 41.3. The number of carbonyl (C=O) groups excluding carboxylic acids is 3. The molecule has 0 radical (unpaired) electrons. The van der Waals surface area contributed by atoms with Crippen LogP contribution in [0.4, 0.5) is 39.5 Å². The van der Waals surface area contributed by atoms with E-state index in [9.17, 15) is 36.0 Å². The highest BCUT2D eigenvalue weighted by molar-refractivity contribution is 7.92. The second kappa shape index (κ2) is 16.5. The van der Waals surface area contributed by atoms with Crippen LogP contribution in [0.1, 0.15) is 56.8 Å². The Morgan fingerprint density at radius 1 is 1.05 bits per heavy atom. The van der Waals surface area contributed by atoms with Crippen LogP contribution in [0.15, 0.2) is 65.7 Å². The lowest BCUT2D eigenvalue weighted by Gasteiger charge is -2.32. The number of likely N-dealkylation sites (tertiary alicyclic amines) is 1. The Balaban J connectivity index is 1.67. The van der Waals surface area contributed by atoms with Crippen LogP contribution in [0.3, 0.4) is 0 Å². The number of hydrogen-bond donors (Lipinski definition) is 2. The van der Waals surface area contributed by atoms with E-state index in [0.717, 1.165) is 31.4 Å². The second-order valence-electron chi connectivity index (χ2n) is 12.8. The summed E-state index contributed by atoms with van der Waals surface area (Å²) in [6, 6.07) is 9.52. The van der Waals surface area contributed by atoms with Crippen molar-refractivity contribution in [3.63, 3.8) is 0 Å². The highest BCUT2D eigenvalue weighted by Gasteiger charge is 2.45. The maximum Gasteiger partial charge on any atom is 0.493 e. The SMILES string of the molecule is CCOc1cc([C@H](Nc2ccc3c(N)nccc3c2)C(=O)N2CCC[C@@H]2c2cc(N(OC(=O)C(F)(F)F)C(=O)OC)ccc2S(=O)(=O)C(C)C)c(F)cc1OC. The molecule has 3 N–H and O–H groups in total. The van der Waals surface area contributed by atoms with E-state index in [1.165, 1.54) is 38.1 Å². The zero-order valence-corrected chi connectivity index (χ0v) is 31.7. The van der Waals surface area contributed by atoms with Crippen LogP contribution in [-0.4, -0.2) is 75.1 Å². The van der Waals surface area contributed by atoms with Crippen molar-refractivity contribution in [2.24, 2.45) is 0 Å². The molecule has 1 aromatic heterocycles. The lowest BCUT2D eigenvalue weighted by Crippen LogP contribution is -2.39. The number of pyridine rings is 1. The number of benzene rings is 3. The monoisotopic (exact) mass is 805 g/mol. The molecule has 1 aliphatic rings. The number of hydroxylamine groups is 1. The number of nitrogen functional groups attached to an aromatic ring is 1. The fourth-order valence-electron chi connectivity index (χ4n) is 6.30. The van der Waals surface area contributed by atoms with E-state index in [-0.39, 0.29) is 58.0 Å². The van der Waals surface area contributed by atoms with Gasteiger partial charge in [0.2, 0.25) is 5.91 Å².